The lowest BCUT2D eigenvalue weighted by Crippen LogP contribution is -2.41. The smallest absolute Gasteiger partial charge is 0.398 e. The molecular formula is C15H23BFNO2. The van der Waals surface area contributed by atoms with Gasteiger partial charge in [-0.2, -0.15) is 4.39 Å². The Morgan fingerprint density at radius 2 is 1.75 bits per heavy atom. The molecule has 3 nitrogen and oxygen atoms in total. The molecule has 110 valence electrons. The molecule has 2 heterocycles. The molecular weight excluding hydrogens is 256 g/mol. The molecule has 1 aliphatic heterocycles. The molecule has 0 radical (unpaired) electrons. The van der Waals surface area contributed by atoms with Crippen LogP contribution >= 0.6 is 0 Å². The molecule has 1 fully saturated rings. The summed E-state index contributed by atoms with van der Waals surface area (Å²) < 4.78 is 25.6. The molecule has 0 N–H and O–H groups in total. The zero-order chi connectivity index (χ0) is 15.1. The van der Waals surface area contributed by atoms with E-state index in [9.17, 15) is 4.39 Å². The number of hydrogen-bond donors (Lipinski definition) is 0. The Hall–Kier alpha value is -0.935. The van der Waals surface area contributed by atoms with Crippen molar-refractivity contribution in [3.05, 3.63) is 23.6 Å². The lowest BCUT2D eigenvalue weighted by atomic mass is 9.82. The van der Waals surface area contributed by atoms with Crippen molar-refractivity contribution < 1.29 is 13.7 Å². The molecule has 1 unspecified atom stereocenters. The van der Waals surface area contributed by atoms with Crippen molar-refractivity contribution >= 4 is 12.7 Å². The van der Waals surface area contributed by atoms with E-state index in [0.717, 1.165) is 12.0 Å². The van der Waals surface area contributed by atoms with Gasteiger partial charge in [0.2, 0.25) is 5.95 Å². The second-order valence-corrected chi connectivity index (χ2v) is 6.55. The predicted molar refractivity (Wildman–Crippen MR) is 78.6 cm³/mol. The van der Waals surface area contributed by atoms with Crippen molar-refractivity contribution in [2.75, 3.05) is 0 Å². The number of hydrogen-bond acceptors (Lipinski definition) is 3. The standard InChI is InChI=1S/C15H23BFNO2/c1-7-10(2)11-8-12(18-13(17)9-11)16-19-14(3,4)15(5,6)20-16/h8-10H,7H2,1-6H3. The Labute approximate surface area is 121 Å². The van der Waals surface area contributed by atoms with Crippen LogP contribution in [0.2, 0.25) is 0 Å². The van der Waals surface area contributed by atoms with Gasteiger partial charge in [0.1, 0.15) is 0 Å². The molecule has 2 rings (SSSR count). The summed E-state index contributed by atoms with van der Waals surface area (Å²) in [6.45, 7) is 12.0. The molecule has 0 spiro atoms. The first-order chi connectivity index (χ1) is 9.16. The third-order valence-electron chi connectivity index (χ3n) is 4.51. The number of halogens is 1. The number of nitrogens with zero attached hydrogens (tertiary/aromatic N) is 1. The predicted octanol–water partition coefficient (Wildman–Crippen LogP) is 3.03. The fourth-order valence-electron chi connectivity index (χ4n) is 2.14. The van der Waals surface area contributed by atoms with E-state index >= 15 is 0 Å². The number of rotatable bonds is 3. The van der Waals surface area contributed by atoms with Crippen LogP contribution in [0.3, 0.4) is 0 Å². The molecule has 1 aliphatic rings. The highest BCUT2D eigenvalue weighted by Crippen LogP contribution is 2.36. The molecule has 0 saturated carbocycles. The van der Waals surface area contributed by atoms with Crippen molar-refractivity contribution in [1.82, 2.24) is 4.98 Å². The van der Waals surface area contributed by atoms with Gasteiger partial charge in [0.05, 0.1) is 16.8 Å². The van der Waals surface area contributed by atoms with E-state index in [2.05, 4.69) is 18.8 Å². The maximum atomic E-state index is 13.7. The Balaban J connectivity index is 2.33. The lowest BCUT2D eigenvalue weighted by Gasteiger charge is -2.32. The summed E-state index contributed by atoms with van der Waals surface area (Å²) in [7, 11) is -0.612. The molecule has 1 atom stereocenters. The summed E-state index contributed by atoms with van der Waals surface area (Å²) in [5.41, 5.74) is 0.563. The molecule has 0 aliphatic carbocycles. The highest BCUT2D eigenvalue weighted by Gasteiger charge is 2.52. The fraction of sp³-hybridized carbons (Fsp3) is 0.667. The second kappa shape index (κ2) is 5.12. The summed E-state index contributed by atoms with van der Waals surface area (Å²) >= 11 is 0. The zero-order valence-corrected chi connectivity index (χ0v) is 13.2. The van der Waals surface area contributed by atoms with Crippen LogP contribution < -0.4 is 5.59 Å². The van der Waals surface area contributed by atoms with Gasteiger partial charge < -0.3 is 9.31 Å². The summed E-state index contributed by atoms with van der Waals surface area (Å²) in [5, 5.41) is 0. The van der Waals surface area contributed by atoms with E-state index < -0.39 is 24.3 Å². The van der Waals surface area contributed by atoms with E-state index in [4.69, 9.17) is 9.31 Å². The van der Waals surface area contributed by atoms with E-state index in [0.29, 0.717) is 5.59 Å². The Morgan fingerprint density at radius 1 is 1.20 bits per heavy atom. The van der Waals surface area contributed by atoms with Crippen molar-refractivity contribution in [2.45, 2.75) is 65.1 Å². The monoisotopic (exact) mass is 279 g/mol. The van der Waals surface area contributed by atoms with E-state index in [1.54, 1.807) is 0 Å². The largest absolute Gasteiger partial charge is 0.514 e. The molecule has 1 aromatic rings. The maximum absolute atomic E-state index is 13.7. The van der Waals surface area contributed by atoms with E-state index in [1.165, 1.54) is 6.07 Å². The van der Waals surface area contributed by atoms with E-state index in [-0.39, 0.29) is 5.92 Å². The van der Waals surface area contributed by atoms with Gasteiger partial charge in [-0.1, -0.05) is 13.8 Å². The molecule has 0 aromatic carbocycles. The van der Waals surface area contributed by atoms with Crippen LogP contribution in [0.4, 0.5) is 4.39 Å². The third-order valence-corrected chi connectivity index (χ3v) is 4.51. The van der Waals surface area contributed by atoms with Crippen LogP contribution in [0.5, 0.6) is 0 Å². The molecule has 5 heteroatoms. The van der Waals surface area contributed by atoms with Gasteiger partial charge in [0.25, 0.3) is 0 Å². The molecule has 1 aromatic heterocycles. The average Bonchev–Trinajstić information content (AvgIpc) is 2.57. The van der Waals surface area contributed by atoms with Crippen molar-refractivity contribution in [1.29, 1.82) is 0 Å². The van der Waals surface area contributed by atoms with Crippen LogP contribution in [0.15, 0.2) is 12.1 Å². The minimum absolute atomic E-state index is 0.286. The fourth-order valence-corrected chi connectivity index (χ4v) is 2.14. The first-order valence-electron chi connectivity index (χ1n) is 7.19. The van der Waals surface area contributed by atoms with E-state index in [1.807, 2.05) is 33.8 Å². The quantitative estimate of drug-likeness (QED) is 0.629. The first-order valence-corrected chi connectivity index (χ1v) is 7.19. The Kier molecular flexibility index (Phi) is 3.95. The van der Waals surface area contributed by atoms with Crippen LogP contribution in [-0.2, 0) is 9.31 Å². The van der Waals surface area contributed by atoms with Crippen LogP contribution in [0, 0.1) is 5.95 Å². The topological polar surface area (TPSA) is 31.4 Å². The SMILES string of the molecule is CCC(C)c1cc(F)nc(B2OC(C)(C)C(C)(C)O2)c1. The van der Waals surface area contributed by atoms with Gasteiger partial charge in [-0.3, -0.25) is 0 Å². The molecule has 20 heavy (non-hydrogen) atoms. The van der Waals surface area contributed by atoms with Gasteiger partial charge in [-0.15, -0.1) is 0 Å². The van der Waals surface area contributed by atoms with Crippen LogP contribution in [0.1, 0.15) is 59.4 Å². The van der Waals surface area contributed by atoms with Gasteiger partial charge in [0, 0.05) is 0 Å². The normalized spacial score (nSPS) is 22.1. The number of pyridine rings is 1. The highest BCUT2D eigenvalue weighted by atomic mass is 19.1. The van der Waals surface area contributed by atoms with Crippen molar-refractivity contribution in [3.63, 3.8) is 0 Å². The van der Waals surface area contributed by atoms with Crippen LogP contribution in [0.25, 0.3) is 0 Å². The Bertz CT molecular complexity index is 489. The molecule has 0 bridgehead atoms. The number of aromatic nitrogens is 1. The summed E-state index contributed by atoms with van der Waals surface area (Å²) in [4.78, 5) is 3.95. The van der Waals surface area contributed by atoms with Gasteiger partial charge in [-0.25, -0.2) is 4.98 Å². The summed E-state index contributed by atoms with van der Waals surface area (Å²) in [5.74, 6) is -0.193. The lowest BCUT2D eigenvalue weighted by molar-refractivity contribution is 0.00578. The minimum atomic E-state index is -0.612. The highest BCUT2D eigenvalue weighted by molar-refractivity contribution is 6.61. The maximum Gasteiger partial charge on any atom is 0.514 e. The average molecular weight is 279 g/mol. The minimum Gasteiger partial charge on any atom is -0.398 e. The van der Waals surface area contributed by atoms with Crippen molar-refractivity contribution in [3.8, 4) is 0 Å². The summed E-state index contributed by atoms with van der Waals surface area (Å²) in [6, 6.07) is 3.38. The Morgan fingerprint density at radius 3 is 2.25 bits per heavy atom. The van der Waals surface area contributed by atoms with Crippen molar-refractivity contribution in [2.24, 2.45) is 0 Å². The molecule has 0 amide bonds. The summed E-state index contributed by atoms with van der Waals surface area (Å²) in [6.07, 6.45) is 0.951. The zero-order valence-electron chi connectivity index (χ0n) is 13.2. The second-order valence-electron chi connectivity index (χ2n) is 6.55. The van der Waals surface area contributed by atoms with Gasteiger partial charge in [-0.05, 0) is 57.7 Å². The first kappa shape index (κ1) is 15.5. The molecule has 1 saturated heterocycles. The van der Waals surface area contributed by atoms with Crippen LogP contribution in [-0.4, -0.2) is 23.3 Å². The third kappa shape index (κ3) is 2.74. The van der Waals surface area contributed by atoms with Gasteiger partial charge >= 0.3 is 7.12 Å². The van der Waals surface area contributed by atoms with Gasteiger partial charge in [0.15, 0.2) is 0 Å².